The maximum absolute atomic E-state index is 14.1. The zero-order valence-corrected chi connectivity index (χ0v) is 21.5. The lowest BCUT2D eigenvalue weighted by atomic mass is 9.90. The van der Waals surface area contributed by atoms with E-state index in [2.05, 4.69) is 22.4 Å². The van der Waals surface area contributed by atoms with E-state index in [1.165, 1.54) is 16.2 Å². The van der Waals surface area contributed by atoms with Crippen molar-refractivity contribution in [1.29, 1.82) is 0 Å². The van der Waals surface area contributed by atoms with Crippen LogP contribution in [0.25, 0.3) is 11.0 Å². The van der Waals surface area contributed by atoms with Crippen LogP contribution >= 0.6 is 11.8 Å². The van der Waals surface area contributed by atoms with Crippen LogP contribution in [0.5, 0.6) is 0 Å². The number of benzene rings is 1. The Labute approximate surface area is 218 Å². The third-order valence-corrected chi connectivity index (χ3v) is 9.29. The van der Waals surface area contributed by atoms with E-state index >= 15 is 0 Å². The first-order valence-electron chi connectivity index (χ1n) is 13.3. The molecule has 1 aromatic carbocycles. The third kappa shape index (κ3) is 4.74. The van der Waals surface area contributed by atoms with E-state index < -0.39 is 11.4 Å². The van der Waals surface area contributed by atoms with Gasteiger partial charge in [-0.05, 0) is 74.0 Å². The maximum Gasteiger partial charge on any atom is 0.333 e. The number of halogens is 1. The largest absolute Gasteiger partial charge is 0.353 e. The summed E-state index contributed by atoms with van der Waals surface area (Å²) in [5, 5.41) is 3.37. The number of hydrogen-bond donors (Lipinski definition) is 1. The molecule has 1 aliphatic heterocycles. The van der Waals surface area contributed by atoms with Gasteiger partial charge >= 0.3 is 5.69 Å². The molecule has 1 saturated heterocycles. The van der Waals surface area contributed by atoms with Crippen LogP contribution in [-0.4, -0.2) is 37.6 Å². The van der Waals surface area contributed by atoms with E-state index in [-0.39, 0.29) is 46.7 Å². The monoisotopic (exact) mass is 522 g/mol. The van der Waals surface area contributed by atoms with Gasteiger partial charge in [-0.1, -0.05) is 30.3 Å². The second-order valence-electron chi connectivity index (χ2n) is 10.6. The van der Waals surface area contributed by atoms with Crippen LogP contribution in [0.4, 0.5) is 4.39 Å². The van der Waals surface area contributed by atoms with Crippen LogP contribution in [-0.2, 0) is 4.79 Å². The Kier molecular flexibility index (Phi) is 6.65. The van der Waals surface area contributed by atoms with Crippen LogP contribution in [0.1, 0.15) is 68.5 Å². The summed E-state index contributed by atoms with van der Waals surface area (Å²) in [5.41, 5.74) is 0.679. The Morgan fingerprint density at radius 2 is 1.68 bits per heavy atom. The van der Waals surface area contributed by atoms with Crippen molar-refractivity contribution in [3.05, 3.63) is 74.8 Å². The topological polar surface area (TPSA) is 86.0 Å². The highest BCUT2D eigenvalue weighted by atomic mass is 32.2. The van der Waals surface area contributed by atoms with Gasteiger partial charge in [0.2, 0.25) is 5.91 Å². The fourth-order valence-corrected chi connectivity index (χ4v) is 7.22. The molecule has 0 radical (unpaired) electrons. The lowest BCUT2D eigenvalue weighted by molar-refractivity contribution is -0.123. The quantitative estimate of drug-likeness (QED) is 0.544. The molecule has 2 saturated carbocycles. The van der Waals surface area contributed by atoms with Gasteiger partial charge in [0.25, 0.3) is 5.56 Å². The number of aromatic nitrogens is 3. The van der Waals surface area contributed by atoms with Crippen molar-refractivity contribution in [2.24, 2.45) is 5.92 Å². The summed E-state index contributed by atoms with van der Waals surface area (Å²) in [5.74, 6) is 1.71. The fourth-order valence-electron chi connectivity index (χ4n) is 6.14. The number of hydrogen-bond acceptors (Lipinski definition) is 5. The Morgan fingerprint density at radius 3 is 2.41 bits per heavy atom. The summed E-state index contributed by atoms with van der Waals surface area (Å²) in [7, 11) is 0. The third-order valence-electron chi connectivity index (χ3n) is 8.24. The summed E-state index contributed by atoms with van der Waals surface area (Å²) in [6.45, 7) is 0. The number of amides is 1. The minimum atomic E-state index is -0.583. The van der Waals surface area contributed by atoms with E-state index in [1.807, 2.05) is 30.0 Å². The van der Waals surface area contributed by atoms with E-state index in [0.717, 1.165) is 37.0 Å². The number of carbonyl (C=O) groups excluding carboxylic acids is 1. The predicted molar refractivity (Wildman–Crippen MR) is 143 cm³/mol. The molecule has 2 aromatic heterocycles. The summed E-state index contributed by atoms with van der Waals surface area (Å²) in [4.78, 5) is 44.2. The van der Waals surface area contributed by atoms with Crippen molar-refractivity contribution in [3.63, 3.8) is 0 Å². The van der Waals surface area contributed by atoms with E-state index in [4.69, 9.17) is 0 Å². The van der Waals surface area contributed by atoms with Crippen molar-refractivity contribution >= 4 is 28.7 Å². The van der Waals surface area contributed by atoms with Crippen LogP contribution in [0, 0.1) is 11.7 Å². The zero-order valence-electron chi connectivity index (χ0n) is 20.6. The molecule has 3 aliphatic rings. The smallest absolute Gasteiger partial charge is 0.333 e. The van der Waals surface area contributed by atoms with Crippen molar-refractivity contribution in [2.45, 2.75) is 69.0 Å². The average molecular weight is 523 g/mol. The SMILES string of the molecule is O=C(N[C@H]1CC[C@@H](n2c(=O)c3cc(F)cnc3n(C3CCSCC3)c2=O)CC1)[C@@H]1C[C@H]1c1ccccc1. The number of nitrogens with zero attached hydrogens (tertiary/aromatic N) is 3. The highest BCUT2D eigenvalue weighted by Gasteiger charge is 2.44. The molecular formula is C28H31FN4O3S. The lowest BCUT2D eigenvalue weighted by Crippen LogP contribution is -2.46. The summed E-state index contributed by atoms with van der Waals surface area (Å²) < 4.78 is 17.1. The molecule has 2 atom stereocenters. The Balaban J connectivity index is 1.20. The first-order chi connectivity index (χ1) is 18.0. The van der Waals surface area contributed by atoms with Gasteiger partial charge in [0.1, 0.15) is 11.5 Å². The standard InChI is InChI=1S/C28H31FN4O3S/c29-18-14-24-25(30-16-18)32(21-10-12-37-13-11-21)28(36)33(27(24)35)20-8-6-19(7-9-20)31-26(34)23-15-22(23)17-4-2-1-3-5-17/h1-5,14,16,19-23H,6-13,15H2,(H,31,34)/t19-,20+,22-,23+/m0/s1. The van der Waals surface area contributed by atoms with Crippen molar-refractivity contribution in [2.75, 3.05) is 11.5 Å². The summed E-state index contributed by atoms with van der Waals surface area (Å²) >= 11 is 1.85. The second-order valence-corrected chi connectivity index (χ2v) is 11.8. The molecule has 3 aromatic rings. The summed E-state index contributed by atoms with van der Waals surface area (Å²) in [6, 6.07) is 11.1. The first-order valence-corrected chi connectivity index (χ1v) is 14.4. The zero-order chi connectivity index (χ0) is 25.5. The molecule has 2 aliphatic carbocycles. The van der Waals surface area contributed by atoms with Crippen LogP contribution < -0.4 is 16.6 Å². The molecule has 3 heterocycles. The Hall–Kier alpha value is -2.94. The van der Waals surface area contributed by atoms with Gasteiger partial charge in [0.15, 0.2) is 0 Å². The molecule has 1 N–H and O–H groups in total. The van der Waals surface area contributed by atoms with Crippen molar-refractivity contribution < 1.29 is 9.18 Å². The fraction of sp³-hybridized carbons (Fsp3) is 0.500. The number of nitrogens with one attached hydrogen (secondary N) is 1. The normalized spacial score (nSPS) is 26.2. The molecule has 0 spiro atoms. The molecule has 0 bridgehead atoms. The number of thioether (sulfide) groups is 1. The second kappa shape index (κ2) is 10.1. The number of rotatable bonds is 5. The maximum atomic E-state index is 14.1. The average Bonchev–Trinajstić information content (AvgIpc) is 3.73. The molecular weight excluding hydrogens is 491 g/mol. The first kappa shape index (κ1) is 24.4. The van der Waals surface area contributed by atoms with Gasteiger partial charge in [0.05, 0.1) is 11.6 Å². The number of pyridine rings is 1. The molecule has 6 rings (SSSR count). The van der Waals surface area contributed by atoms with Gasteiger partial charge < -0.3 is 5.32 Å². The molecule has 9 heteroatoms. The van der Waals surface area contributed by atoms with Crippen molar-refractivity contribution in [3.8, 4) is 0 Å². The van der Waals surface area contributed by atoms with Gasteiger partial charge in [-0.3, -0.25) is 18.7 Å². The van der Waals surface area contributed by atoms with Gasteiger partial charge in [0, 0.05) is 24.0 Å². The van der Waals surface area contributed by atoms with Gasteiger partial charge in [-0.15, -0.1) is 0 Å². The van der Waals surface area contributed by atoms with Crippen molar-refractivity contribution in [1.82, 2.24) is 19.4 Å². The Bertz CT molecular complexity index is 1430. The molecule has 7 nitrogen and oxygen atoms in total. The molecule has 194 valence electrons. The Morgan fingerprint density at radius 1 is 0.973 bits per heavy atom. The highest BCUT2D eigenvalue weighted by molar-refractivity contribution is 7.99. The van der Waals surface area contributed by atoms with Crippen LogP contribution in [0.15, 0.2) is 52.2 Å². The predicted octanol–water partition coefficient (Wildman–Crippen LogP) is 4.17. The van der Waals surface area contributed by atoms with E-state index in [9.17, 15) is 18.8 Å². The molecule has 1 amide bonds. The molecule has 0 unspecified atom stereocenters. The molecule has 37 heavy (non-hydrogen) atoms. The number of fused-ring (bicyclic) bond motifs is 1. The highest BCUT2D eigenvalue weighted by Crippen LogP contribution is 2.47. The van der Waals surface area contributed by atoms with E-state index in [0.29, 0.717) is 31.6 Å². The van der Waals surface area contributed by atoms with Crippen LogP contribution in [0.3, 0.4) is 0 Å². The molecule has 3 fully saturated rings. The summed E-state index contributed by atoms with van der Waals surface area (Å²) in [6.07, 6.45) is 6.22. The van der Waals surface area contributed by atoms with E-state index in [1.54, 1.807) is 4.57 Å². The van der Waals surface area contributed by atoms with Gasteiger partial charge in [-0.2, -0.15) is 11.8 Å². The lowest BCUT2D eigenvalue weighted by Gasteiger charge is -2.31. The number of carbonyl (C=O) groups is 1. The van der Waals surface area contributed by atoms with Crippen LogP contribution in [0.2, 0.25) is 0 Å². The minimum Gasteiger partial charge on any atom is -0.353 e. The van der Waals surface area contributed by atoms with Gasteiger partial charge in [-0.25, -0.2) is 14.2 Å². The minimum absolute atomic E-state index is 0.0199.